The molecular formula is C13H20N2O2. The molecule has 0 radical (unpaired) electrons. The first kappa shape index (κ1) is 13.5. The molecule has 94 valence electrons. The zero-order valence-electron chi connectivity index (χ0n) is 10.5. The van der Waals surface area contributed by atoms with Crippen LogP contribution >= 0.6 is 0 Å². The van der Waals surface area contributed by atoms with Crippen LogP contribution in [0.1, 0.15) is 37.4 Å². The summed E-state index contributed by atoms with van der Waals surface area (Å²) in [6, 6.07) is 5.44. The maximum Gasteiger partial charge on any atom is 0.218 e. The van der Waals surface area contributed by atoms with Gasteiger partial charge in [0.05, 0.1) is 0 Å². The third-order valence-electron chi connectivity index (χ3n) is 2.69. The van der Waals surface area contributed by atoms with E-state index in [1.165, 1.54) is 0 Å². The summed E-state index contributed by atoms with van der Waals surface area (Å²) in [5.74, 6) is -0.0625. The Morgan fingerprint density at radius 3 is 2.71 bits per heavy atom. The lowest BCUT2D eigenvalue weighted by Gasteiger charge is -2.20. The first-order chi connectivity index (χ1) is 7.90. The fourth-order valence-corrected chi connectivity index (χ4v) is 1.90. The van der Waals surface area contributed by atoms with E-state index in [1.54, 1.807) is 6.07 Å². The number of hydrogen-bond acceptors (Lipinski definition) is 3. The van der Waals surface area contributed by atoms with Crippen LogP contribution in [-0.2, 0) is 4.79 Å². The van der Waals surface area contributed by atoms with Gasteiger partial charge in [0.15, 0.2) is 0 Å². The number of benzene rings is 1. The number of hydrogen-bond donors (Lipinski definition) is 3. The van der Waals surface area contributed by atoms with Crippen molar-refractivity contribution in [3.8, 4) is 5.75 Å². The molecule has 4 N–H and O–H groups in total. The first-order valence-electron chi connectivity index (χ1n) is 5.74. The lowest BCUT2D eigenvalue weighted by molar-refractivity contribution is -0.118. The molecule has 0 heterocycles. The van der Waals surface area contributed by atoms with E-state index in [-0.39, 0.29) is 30.2 Å². The molecule has 0 fully saturated rings. The number of aromatic hydroxyl groups is 1. The molecule has 0 saturated heterocycles. The molecule has 0 aromatic heterocycles. The second-order valence-corrected chi connectivity index (χ2v) is 4.52. The third-order valence-corrected chi connectivity index (χ3v) is 2.69. The van der Waals surface area contributed by atoms with E-state index in [2.05, 4.69) is 5.32 Å². The van der Waals surface area contributed by atoms with Gasteiger partial charge in [-0.05, 0) is 26.8 Å². The molecule has 1 rings (SSSR count). The maximum atomic E-state index is 10.8. The zero-order valence-corrected chi connectivity index (χ0v) is 10.5. The van der Waals surface area contributed by atoms with Crippen LogP contribution in [0.25, 0.3) is 0 Å². The van der Waals surface area contributed by atoms with E-state index in [4.69, 9.17) is 5.73 Å². The monoisotopic (exact) mass is 236 g/mol. The molecule has 2 unspecified atom stereocenters. The topological polar surface area (TPSA) is 75.3 Å². The molecule has 2 atom stereocenters. The van der Waals surface area contributed by atoms with E-state index in [0.29, 0.717) is 0 Å². The highest BCUT2D eigenvalue weighted by Gasteiger charge is 2.14. The number of nitrogens with one attached hydrogen (secondary N) is 1. The number of aryl methyl sites for hydroxylation is 1. The third kappa shape index (κ3) is 4.07. The standard InChI is InChI=1S/C13H20N2O2/c1-8-4-5-12(16)11(6-8)10(3)15-9(2)7-13(14)17/h4-6,9-10,15-16H,7H2,1-3H3,(H2,14,17). The summed E-state index contributed by atoms with van der Waals surface area (Å²) in [5.41, 5.74) is 7.06. The highest BCUT2D eigenvalue weighted by molar-refractivity contribution is 5.74. The molecule has 1 aromatic carbocycles. The minimum absolute atomic E-state index is 0.0117. The Morgan fingerprint density at radius 2 is 2.12 bits per heavy atom. The number of phenolic OH excluding ortho intramolecular Hbond substituents is 1. The summed E-state index contributed by atoms with van der Waals surface area (Å²) in [7, 11) is 0. The van der Waals surface area contributed by atoms with Crippen LogP contribution in [0.2, 0.25) is 0 Å². The van der Waals surface area contributed by atoms with Crippen molar-refractivity contribution in [2.75, 3.05) is 0 Å². The number of carbonyl (C=O) groups is 1. The summed E-state index contributed by atoms with van der Waals surface area (Å²) in [4.78, 5) is 10.8. The van der Waals surface area contributed by atoms with E-state index in [1.807, 2.05) is 32.9 Å². The predicted molar refractivity (Wildman–Crippen MR) is 67.7 cm³/mol. The minimum Gasteiger partial charge on any atom is -0.508 e. The summed E-state index contributed by atoms with van der Waals surface area (Å²) < 4.78 is 0. The Bertz CT molecular complexity index is 404. The molecular weight excluding hydrogens is 216 g/mol. The largest absolute Gasteiger partial charge is 0.508 e. The Labute approximate surface area is 102 Å². The van der Waals surface area contributed by atoms with Crippen molar-refractivity contribution >= 4 is 5.91 Å². The minimum atomic E-state index is -0.328. The number of amides is 1. The highest BCUT2D eigenvalue weighted by atomic mass is 16.3. The van der Waals surface area contributed by atoms with Crippen molar-refractivity contribution in [1.82, 2.24) is 5.32 Å². The molecule has 0 bridgehead atoms. The van der Waals surface area contributed by atoms with Crippen LogP contribution in [-0.4, -0.2) is 17.1 Å². The Morgan fingerprint density at radius 1 is 1.47 bits per heavy atom. The van der Waals surface area contributed by atoms with Crippen LogP contribution in [0.15, 0.2) is 18.2 Å². The van der Waals surface area contributed by atoms with Gasteiger partial charge in [-0.2, -0.15) is 0 Å². The van der Waals surface area contributed by atoms with Gasteiger partial charge in [-0.25, -0.2) is 0 Å². The Kier molecular flexibility index (Phi) is 4.52. The van der Waals surface area contributed by atoms with Crippen LogP contribution in [0, 0.1) is 6.92 Å². The van der Waals surface area contributed by atoms with Crippen LogP contribution in [0.5, 0.6) is 5.75 Å². The normalized spacial score (nSPS) is 14.3. The van der Waals surface area contributed by atoms with Gasteiger partial charge in [0.1, 0.15) is 5.75 Å². The van der Waals surface area contributed by atoms with Crippen LogP contribution in [0.4, 0.5) is 0 Å². The van der Waals surface area contributed by atoms with Gasteiger partial charge in [0.25, 0.3) is 0 Å². The fourth-order valence-electron chi connectivity index (χ4n) is 1.90. The van der Waals surface area contributed by atoms with E-state index in [9.17, 15) is 9.90 Å². The molecule has 1 amide bonds. The number of nitrogens with two attached hydrogens (primary N) is 1. The average Bonchev–Trinajstić information content (AvgIpc) is 2.20. The van der Waals surface area contributed by atoms with E-state index >= 15 is 0 Å². The summed E-state index contributed by atoms with van der Waals surface area (Å²) >= 11 is 0. The molecule has 0 aliphatic rings. The second-order valence-electron chi connectivity index (χ2n) is 4.52. The Hall–Kier alpha value is -1.55. The van der Waals surface area contributed by atoms with Gasteiger partial charge < -0.3 is 16.2 Å². The van der Waals surface area contributed by atoms with Gasteiger partial charge in [0.2, 0.25) is 5.91 Å². The number of carbonyl (C=O) groups excluding carboxylic acids is 1. The predicted octanol–water partition coefficient (Wildman–Crippen LogP) is 1.62. The number of primary amides is 1. The van der Waals surface area contributed by atoms with Crippen molar-refractivity contribution in [2.45, 2.75) is 39.3 Å². The lowest BCUT2D eigenvalue weighted by Crippen LogP contribution is -2.32. The fraction of sp³-hybridized carbons (Fsp3) is 0.462. The van der Waals surface area contributed by atoms with Crippen molar-refractivity contribution < 1.29 is 9.90 Å². The van der Waals surface area contributed by atoms with Crippen LogP contribution < -0.4 is 11.1 Å². The van der Waals surface area contributed by atoms with Gasteiger partial charge >= 0.3 is 0 Å². The highest BCUT2D eigenvalue weighted by Crippen LogP contribution is 2.25. The molecule has 0 spiro atoms. The van der Waals surface area contributed by atoms with E-state index < -0.39 is 0 Å². The summed E-state index contributed by atoms with van der Waals surface area (Å²) in [5, 5.41) is 13.0. The smallest absolute Gasteiger partial charge is 0.218 e. The van der Waals surface area contributed by atoms with Crippen molar-refractivity contribution in [1.29, 1.82) is 0 Å². The quantitative estimate of drug-likeness (QED) is 0.727. The summed E-state index contributed by atoms with van der Waals surface area (Å²) in [6.45, 7) is 5.82. The number of phenols is 1. The van der Waals surface area contributed by atoms with Gasteiger partial charge in [0, 0.05) is 24.1 Å². The van der Waals surface area contributed by atoms with Crippen molar-refractivity contribution in [3.63, 3.8) is 0 Å². The molecule has 17 heavy (non-hydrogen) atoms. The van der Waals surface area contributed by atoms with Crippen molar-refractivity contribution in [3.05, 3.63) is 29.3 Å². The molecule has 4 nitrogen and oxygen atoms in total. The molecule has 1 aromatic rings. The SMILES string of the molecule is Cc1ccc(O)c(C(C)NC(C)CC(N)=O)c1. The second kappa shape index (κ2) is 5.68. The van der Waals surface area contributed by atoms with Crippen LogP contribution in [0.3, 0.4) is 0 Å². The number of rotatable bonds is 5. The van der Waals surface area contributed by atoms with Gasteiger partial charge in [-0.3, -0.25) is 4.79 Å². The molecule has 0 aliphatic heterocycles. The molecule has 0 aliphatic carbocycles. The van der Waals surface area contributed by atoms with E-state index in [0.717, 1.165) is 11.1 Å². The van der Waals surface area contributed by atoms with Gasteiger partial charge in [-0.15, -0.1) is 0 Å². The van der Waals surface area contributed by atoms with Gasteiger partial charge in [-0.1, -0.05) is 17.7 Å². The average molecular weight is 236 g/mol. The first-order valence-corrected chi connectivity index (χ1v) is 5.74. The molecule has 0 saturated carbocycles. The maximum absolute atomic E-state index is 10.8. The lowest BCUT2D eigenvalue weighted by atomic mass is 10.0. The molecule has 4 heteroatoms. The zero-order chi connectivity index (χ0) is 13.0. The Balaban J connectivity index is 2.72. The van der Waals surface area contributed by atoms with Crippen molar-refractivity contribution in [2.24, 2.45) is 5.73 Å². The summed E-state index contributed by atoms with van der Waals surface area (Å²) in [6.07, 6.45) is 0.289.